The number of hydrogen-bond donors (Lipinski definition) is 1. The van der Waals surface area contributed by atoms with Crippen LogP contribution in [-0.4, -0.2) is 11.7 Å². The van der Waals surface area contributed by atoms with Gasteiger partial charge >= 0.3 is 0 Å². The SMILES string of the molecule is C=C(O)C1=CN(CC)c2ccc(Cc3ccccc3)cc2C1=C. The average Bonchev–Trinajstić information content (AvgIpc) is 2.56. The molecule has 3 rings (SSSR count). The van der Waals surface area contributed by atoms with E-state index in [-0.39, 0.29) is 5.76 Å². The van der Waals surface area contributed by atoms with Gasteiger partial charge in [0.1, 0.15) is 5.76 Å². The van der Waals surface area contributed by atoms with Crippen LogP contribution in [0.3, 0.4) is 0 Å². The molecule has 1 heterocycles. The standard InChI is InChI=1S/C21H21NO/c1-4-22-14-20(16(3)23)15(2)19-13-18(10-11-21(19)22)12-17-8-6-5-7-9-17/h5-11,13-14,23H,2-4,12H2,1H3. The molecule has 23 heavy (non-hydrogen) atoms. The van der Waals surface area contributed by atoms with E-state index in [9.17, 15) is 5.11 Å². The number of allylic oxidation sites excluding steroid dienone is 1. The van der Waals surface area contributed by atoms with Crippen LogP contribution in [0.2, 0.25) is 0 Å². The topological polar surface area (TPSA) is 23.5 Å². The highest BCUT2D eigenvalue weighted by atomic mass is 16.3. The highest BCUT2D eigenvalue weighted by molar-refractivity contribution is 5.91. The predicted octanol–water partition coefficient (Wildman–Crippen LogP) is 5.09. The van der Waals surface area contributed by atoms with Crippen LogP contribution >= 0.6 is 0 Å². The summed E-state index contributed by atoms with van der Waals surface area (Å²) < 4.78 is 0. The second-order valence-corrected chi connectivity index (χ2v) is 5.77. The monoisotopic (exact) mass is 303 g/mol. The summed E-state index contributed by atoms with van der Waals surface area (Å²) >= 11 is 0. The van der Waals surface area contributed by atoms with Gasteiger partial charge in [-0.25, -0.2) is 0 Å². The van der Waals surface area contributed by atoms with Crippen LogP contribution in [0.1, 0.15) is 23.6 Å². The van der Waals surface area contributed by atoms with E-state index in [1.54, 1.807) is 0 Å². The van der Waals surface area contributed by atoms with E-state index in [0.29, 0.717) is 5.57 Å². The third-order valence-corrected chi connectivity index (χ3v) is 4.21. The van der Waals surface area contributed by atoms with E-state index in [1.165, 1.54) is 11.1 Å². The molecular weight excluding hydrogens is 282 g/mol. The molecule has 2 heteroatoms. The van der Waals surface area contributed by atoms with Gasteiger partial charge in [-0.2, -0.15) is 0 Å². The lowest BCUT2D eigenvalue weighted by Crippen LogP contribution is -2.21. The maximum Gasteiger partial charge on any atom is 0.117 e. The largest absolute Gasteiger partial charge is 0.508 e. The molecule has 0 spiro atoms. The summed E-state index contributed by atoms with van der Waals surface area (Å²) in [5.74, 6) is 0.0626. The molecule has 0 aromatic heterocycles. The molecule has 2 aromatic carbocycles. The normalized spacial score (nSPS) is 13.5. The lowest BCUT2D eigenvalue weighted by atomic mass is 9.91. The first-order valence-corrected chi connectivity index (χ1v) is 7.83. The molecule has 116 valence electrons. The minimum absolute atomic E-state index is 0.0626. The summed E-state index contributed by atoms with van der Waals surface area (Å²) in [6, 6.07) is 16.9. The van der Waals surface area contributed by atoms with Crippen molar-refractivity contribution in [2.24, 2.45) is 0 Å². The molecule has 0 saturated heterocycles. The van der Waals surface area contributed by atoms with Gasteiger partial charge in [0.2, 0.25) is 0 Å². The third kappa shape index (κ3) is 2.93. The van der Waals surface area contributed by atoms with Crippen molar-refractivity contribution >= 4 is 11.3 Å². The van der Waals surface area contributed by atoms with Crippen molar-refractivity contribution in [3.8, 4) is 0 Å². The van der Waals surface area contributed by atoms with E-state index in [1.807, 2.05) is 12.3 Å². The Morgan fingerprint density at radius 1 is 1.09 bits per heavy atom. The molecule has 0 unspecified atom stereocenters. The fraction of sp³-hybridized carbons (Fsp3) is 0.143. The summed E-state index contributed by atoms with van der Waals surface area (Å²) in [4.78, 5) is 2.12. The summed E-state index contributed by atoms with van der Waals surface area (Å²) in [6.45, 7) is 10.7. The number of rotatable bonds is 4. The number of benzene rings is 2. The first-order chi connectivity index (χ1) is 11.1. The summed E-state index contributed by atoms with van der Waals surface area (Å²) in [6.07, 6.45) is 2.80. The maximum absolute atomic E-state index is 9.84. The van der Waals surface area contributed by atoms with Crippen molar-refractivity contribution in [1.82, 2.24) is 0 Å². The number of fused-ring (bicyclic) bond motifs is 1. The average molecular weight is 303 g/mol. The zero-order valence-corrected chi connectivity index (χ0v) is 13.4. The fourth-order valence-corrected chi connectivity index (χ4v) is 2.98. The van der Waals surface area contributed by atoms with Crippen molar-refractivity contribution in [1.29, 1.82) is 0 Å². The van der Waals surface area contributed by atoms with Gasteiger partial charge < -0.3 is 10.0 Å². The van der Waals surface area contributed by atoms with E-state index in [4.69, 9.17) is 0 Å². The van der Waals surface area contributed by atoms with Crippen LogP contribution in [0.5, 0.6) is 0 Å². The molecule has 0 atom stereocenters. The molecule has 0 radical (unpaired) electrons. The lowest BCUT2D eigenvalue weighted by Gasteiger charge is -2.30. The van der Waals surface area contributed by atoms with Crippen molar-refractivity contribution in [2.45, 2.75) is 13.3 Å². The molecule has 2 nitrogen and oxygen atoms in total. The van der Waals surface area contributed by atoms with E-state index >= 15 is 0 Å². The van der Waals surface area contributed by atoms with Gasteiger partial charge in [0.15, 0.2) is 0 Å². The van der Waals surface area contributed by atoms with E-state index in [0.717, 1.165) is 29.8 Å². The van der Waals surface area contributed by atoms with Crippen molar-refractivity contribution in [2.75, 3.05) is 11.4 Å². The highest BCUT2D eigenvalue weighted by Gasteiger charge is 2.21. The minimum Gasteiger partial charge on any atom is -0.508 e. The van der Waals surface area contributed by atoms with Crippen molar-refractivity contribution in [3.05, 3.63) is 95.9 Å². The van der Waals surface area contributed by atoms with Gasteiger partial charge in [0.05, 0.1) is 0 Å². The maximum atomic E-state index is 9.84. The first-order valence-electron chi connectivity index (χ1n) is 7.83. The van der Waals surface area contributed by atoms with Crippen LogP contribution in [-0.2, 0) is 6.42 Å². The number of nitrogens with zero attached hydrogens (tertiary/aromatic N) is 1. The number of aliphatic hydroxyl groups excluding tert-OH is 1. The number of hydrogen-bond acceptors (Lipinski definition) is 2. The molecule has 1 N–H and O–H groups in total. The molecule has 0 amide bonds. The molecule has 2 aromatic rings. The van der Waals surface area contributed by atoms with Gasteiger partial charge in [0, 0.05) is 29.6 Å². The molecule has 0 saturated carbocycles. The zero-order valence-electron chi connectivity index (χ0n) is 13.4. The van der Waals surface area contributed by atoms with E-state index < -0.39 is 0 Å². The quantitative estimate of drug-likeness (QED) is 0.796. The van der Waals surface area contributed by atoms with Crippen LogP contribution in [0.25, 0.3) is 5.57 Å². The second kappa shape index (κ2) is 6.17. The Bertz CT molecular complexity index is 787. The Kier molecular flexibility index (Phi) is 4.07. The smallest absolute Gasteiger partial charge is 0.117 e. The van der Waals surface area contributed by atoms with Gasteiger partial charge in [-0.15, -0.1) is 0 Å². The van der Waals surface area contributed by atoms with Gasteiger partial charge in [0.25, 0.3) is 0 Å². The van der Waals surface area contributed by atoms with Gasteiger partial charge in [-0.3, -0.25) is 0 Å². The zero-order chi connectivity index (χ0) is 16.4. The Hall–Kier alpha value is -2.74. The Labute approximate surface area is 137 Å². The van der Waals surface area contributed by atoms with Gasteiger partial charge in [-0.1, -0.05) is 49.6 Å². The highest BCUT2D eigenvalue weighted by Crippen LogP contribution is 2.38. The van der Waals surface area contributed by atoms with Crippen molar-refractivity contribution in [3.63, 3.8) is 0 Å². The molecular formula is C21H21NO. The minimum atomic E-state index is 0.0626. The molecule has 1 aliphatic heterocycles. The first kappa shape index (κ1) is 15.2. The Morgan fingerprint density at radius 3 is 2.48 bits per heavy atom. The summed E-state index contributed by atoms with van der Waals surface area (Å²) in [5, 5.41) is 9.84. The number of anilines is 1. The number of aliphatic hydroxyl groups is 1. The van der Waals surface area contributed by atoms with Crippen LogP contribution < -0.4 is 4.90 Å². The predicted molar refractivity (Wildman–Crippen MR) is 97.6 cm³/mol. The third-order valence-electron chi connectivity index (χ3n) is 4.21. The lowest BCUT2D eigenvalue weighted by molar-refractivity contribution is 0.429. The Balaban J connectivity index is 1.99. The summed E-state index contributed by atoms with van der Waals surface area (Å²) in [5.41, 5.74) is 6.23. The molecule has 0 fully saturated rings. The van der Waals surface area contributed by atoms with E-state index in [2.05, 4.69) is 67.4 Å². The molecule has 0 aliphatic carbocycles. The van der Waals surface area contributed by atoms with Crippen molar-refractivity contribution < 1.29 is 5.11 Å². The fourth-order valence-electron chi connectivity index (χ4n) is 2.98. The summed E-state index contributed by atoms with van der Waals surface area (Å²) in [7, 11) is 0. The molecule has 0 bridgehead atoms. The van der Waals surface area contributed by atoms with Crippen LogP contribution in [0.15, 0.2) is 79.2 Å². The molecule has 1 aliphatic rings. The van der Waals surface area contributed by atoms with Gasteiger partial charge in [-0.05, 0) is 42.2 Å². The van der Waals surface area contributed by atoms with Crippen LogP contribution in [0, 0.1) is 0 Å². The Morgan fingerprint density at radius 2 is 1.83 bits per heavy atom. The second-order valence-electron chi connectivity index (χ2n) is 5.77. The van der Waals surface area contributed by atoms with Crippen LogP contribution in [0.4, 0.5) is 5.69 Å².